The van der Waals surface area contributed by atoms with Gasteiger partial charge in [0.2, 0.25) is 0 Å². The Labute approximate surface area is 73.9 Å². The number of hydrogen-bond acceptors (Lipinski definition) is 3. The molecule has 4 heteroatoms. The van der Waals surface area contributed by atoms with Crippen molar-refractivity contribution in [2.24, 2.45) is 0 Å². The molecule has 1 aliphatic heterocycles. The molecule has 0 saturated carbocycles. The molecule has 11 heavy (non-hydrogen) atoms. The maximum absolute atomic E-state index is 9.18. The number of carbonyl (C=O) groups is 1. The Bertz CT molecular complexity index is 86.5. The summed E-state index contributed by atoms with van der Waals surface area (Å²) in [6.07, 6.45) is 1.38. The Morgan fingerprint density at radius 1 is 1.73 bits per heavy atom. The summed E-state index contributed by atoms with van der Waals surface area (Å²) < 4.78 is 4.15. The molecule has 0 aliphatic carbocycles. The van der Waals surface area contributed by atoms with Crippen molar-refractivity contribution < 1.29 is 9.53 Å². The third kappa shape index (κ3) is 9.72. The number of hydrogen-bond donors (Lipinski definition) is 1. The summed E-state index contributed by atoms with van der Waals surface area (Å²) >= 11 is 0. The lowest BCUT2D eigenvalue weighted by atomic mass is 10.1. The average Bonchev–Trinajstić information content (AvgIpc) is 1.87. The second kappa shape index (κ2) is 9.72. The van der Waals surface area contributed by atoms with Crippen LogP contribution in [0.15, 0.2) is 0 Å². The van der Waals surface area contributed by atoms with Gasteiger partial charge in [-0.3, -0.25) is 4.79 Å². The fourth-order valence-corrected chi connectivity index (χ4v) is 0.501. The molecular weight excluding hydrogens is 166 g/mol. The van der Waals surface area contributed by atoms with Crippen molar-refractivity contribution in [2.75, 3.05) is 13.2 Å². The highest BCUT2D eigenvalue weighted by Crippen LogP contribution is 1.96. The molecule has 1 rings (SSSR count). The second-order valence-corrected chi connectivity index (χ2v) is 2.20. The molecule has 1 heterocycles. The first-order valence-electron chi connectivity index (χ1n) is 3.60. The SMILES string of the molecule is CC1CCN1.CCOC=O.Cl. The average molecular weight is 182 g/mol. The van der Waals surface area contributed by atoms with Gasteiger partial charge in [-0.05, 0) is 26.8 Å². The summed E-state index contributed by atoms with van der Waals surface area (Å²) in [5.41, 5.74) is 0. The van der Waals surface area contributed by atoms with E-state index in [1.807, 2.05) is 0 Å². The largest absolute Gasteiger partial charge is 0.468 e. The molecule has 0 spiro atoms. The summed E-state index contributed by atoms with van der Waals surface area (Å²) in [6.45, 7) is 6.10. The highest BCUT2D eigenvalue weighted by molar-refractivity contribution is 5.85. The first-order valence-corrected chi connectivity index (χ1v) is 3.60. The van der Waals surface area contributed by atoms with Crippen LogP contribution in [0.2, 0.25) is 0 Å². The third-order valence-corrected chi connectivity index (χ3v) is 1.30. The standard InChI is InChI=1S/C4H9N.C3H6O2.ClH/c1-4-2-3-5-4;1-2-5-3-4;/h4-5H,2-3H2,1H3;3H,2H2,1H3;1H. The van der Waals surface area contributed by atoms with E-state index >= 15 is 0 Å². The van der Waals surface area contributed by atoms with Gasteiger partial charge in [0.05, 0.1) is 6.61 Å². The Morgan fingerprint density at radius 3 is 2.18 bits per heavy atom. The summed E-state index contributed by atoms with van der Waals surface area (Å²) in [5.74, 6) is 0. The minimum Gasteiger partial charge on any atom is -0.468 e. The van der Waals surface area contributed by atoms with Crippen LogP contribution in [0.3, 0.4) is 0 Å². The Morgan fingerprint density at radius 2 is 2.18 bits per heavy atom. The normalized spacial score (nSPS) is 19.6. The van der Waals surface area contributed by atoms with Gasteiger partial charge in [-0.25, -0.2) is 0 Å². The molecule has 1 N–H and O–H groups in total. The summed E-state index contributed by atoms with van der Waals surface area (Å²) in [6, 6.07) is 0.815. The number of ether oxygens (including phenoxy) is 1. The van der Waals surface area contributed by atoms with Crippen molar-refractivity contribution in [2.45, 2.75) is 26.3 Å². The highest BCUT2D eigenvalue weighted by atomic mass is 35.5. The third-order valence-electron chi connectivity index (χ3n) is 1.30. The van der Waals surface area contributed by atoms with Gasteiger partial charge in [0.15, 0.2) is 0 Å². The Kier molecular flexibility index (Phi) is 11.8. The molecule has 68 valence electrons. The van der Waals surface area contributed by atoms with Crippen LogP contribution < -0.4 is 5.32 Å². The molecule has 1 aliphatic rings. The Hall–Kier alpha value is -0.280. The lowest BCUT2D eigenvalue weighted by Crippen LogP contribution is -2.39. The molecule has 0 amide bonds. The molecule has 0 aromatic heterocycles. The summed E-state index contributed by atoms with van der Waals surface area (Å²) in [4.78, 5) is 9.18. The van der Waals surface area contributed by atoms with Gasteiger partial charge in [-0.2, -0.15) is 0 Å². The van der Waals surface area contributed by atoms with Crippen LogP contribution in [0.4, 0.5) is 0 Å². The van der Waals surface area contributed by atoms with Gasteiger partial charge in [0.25, 0.3) is 6.47 Å². The highest BCUT2D eigenvalue weighted by Gasteiger charge is 2.07. The molecular formula is C7H16ClNO2. The maximum atomic E-state index is 9.18. The maximum Gasteiger partial charge on any atom is 0.293 e. The van der Waals surface area contributed by atoms with Gasteiger partial charge in [0, 0.05) is 6.04 Å². The van der Waals surface area contributed by atoms with Crippen molar-refractivity contribution in [1.29, 1.82) is 0 Å². The number of nitrogens with one attached hydrogen (secondary N) is 1. The molecule has 1 fully saturated rings. The number of carbonyl (C=O) groups excluding carboxylic acids is 1. The smallest absolute Gasteiger partial charge is 0.293 e. The van der Waals surface area contributed by atoms with Crippen molar-refractivity contribution in [3.05, 3.63) is 0 Å². The fourth-order valence-electron chi connectivity index (χ4n) is 0.501. The predicted molar refractivity (Wildman–Crippen MR) is 47.0 cm³/mol. The first kappa shape index (κ1) is 13.3. The van der Waals surface area contributed by atoms with E-state index in [1.165, 1.54) is 13.0 Å². The topological polar surface area (TPSA) is 38.3 Å². The lowest BCUT2D eigenvalue weighted by molar-refractivity contribution is -0.128. The van der Waals surface area contributed by atoms with Crippen molar-refractivity contribution in [3.63, 3.8) is 0 Å². The van der Waals surface area contributed by atoms with E-state index in [2.05, 4.69) is 17.0 Å². The summed E-state index contributed by atoms with van der Waals surface area (Å²) in [5, 5.41) is 3.21. The molecule has 1 atom stereocenters. The van der Waals surface area contributed by atoms with Gasteiger partial charge < -0.3 is 10.1 Å². The quantitative estimate of drug-likeness (QED) is 0.646. The van der Waals surface area contributed by atoms with Crippen LogP contribution in [0.25, 0.3) is 0 Å². The van der Waals surface area contributed by atoms with Crippen LogP contribution in [-0.2, 0) is 9.53 Å². The second-order valence-electron chi connectivity index (χ2n) is 2.20. The van der Waals surface area contributed by atoms with Crippen molar-refractivity contribution >= 4 is 18.9 Å². The van der Waals surface area contributed by atoms with Crippen LogP contribution >= 0.6 is 12.4 Å². The zero-order valence-electron chi connectivity index (χ0n) is 7.00. The van der Waals surface area contributed by atoms with Crippen LogP contribution in [-0.4, -0.2) is 25.7 Å². The zero-order valence-corrected chi connectivity index (χ0v) is 7.82. The van der Waals surface area contributed by atoms with Gasteiger partial charge in [-0.1, -0.05) is 0 Å². The van der Waals surface area contributed by atoms with E-state index in [-0.39, 0.29) is 12.4 Å². The van der Waals surface area contributed by atoms with E-state index < -0.39 is 0 Å². The van der Waals surface area contributed by atoms with Crippen molar-refractivity contribution in [3.8, 4) is 0 Å². The lowest BCUT2D eigenvalue weighted by Gasteiger charge is -2.22. The van der Waals surface area contributed by atoms with E-state index in [0.29, 0.717) is 13.1 Å². The van der Waals surface area contributed by atoms with E-state index in [1.54, 1.807) is 6.92 Å². The molecule has 0 aromatic carbocycles. The zero-order chi connectivity index (χ0) is 7.82. The molecule has 0 aromatic rings. The minimum atomic E-state index is 0. The van der Waals surface area contributed by atoms with Gasteiger partial charge in [-0.15, -0.1) is 12.4 Å². The predicted octanol–water partition coefficient (Wildman–Crippen LogP) is 0.969. The number of halogens is 1. The van der Waals surface area contributed by atoms with E-state index in [9.17, 15) is 4.79 Å². The van der Waals surface area contributed by atoms with Crippen LogP contribution in [0.1, 0.15) is 20.3 Å². The van der Waals surface area contributed by atoms with E-state index in [4.69, 9.17) is 0 Å². The van der Waals surface area contributed by atoms with Crippen molar-refractivity contribution in [1.82, 2.24) is 5.32 Å². The molecule has 0 radical (unpaired) electrons. The Balaban J connectivity index is 0. The number of rotatable bonds is 2. The molecule has 3 nitrogen and oxygen atoms in total. The minimum absolute atomic E-state index is 0. The van der Waals surface area contributed by atoms with Crippen LogP contribution in [0.5, 0.6) is 0 Å². The van der Waals surface area contributed by atoms with E-state index in [0.717, 1.165) is 6.04 Å². The first-order chi connectivity index (χ1) is 4.81. The molecule has 1 unspecified atom stereocenters. The molecule has 0 bridgehead atoms. The van der Waals surface area contributed by atoms with Gasteiger partial charge in [0.1, 0.15) is 0 Å². The van der Waals surface area contributed by atoms with Crippen LogP contribution in [0, 0.1) is 0 Å². The summed E-state index contributed by atoms with van der Waals surface area (Å²) in [7, 11) is 0. The monoisotopic (exact) mass is 181 g/mol. The fraction of sp³-hybridized carbons (Fsp3) is 0.857. The molecule has 1 saturated heterocycles. The van der Waals surface area contributed by atoms with Gasteiger partial charge >= 0.3 is 0 Å².